The van der Waals surface area contributed by atoms with Crippen molar-refractivity contribution < 1.29 is 9.53 Å². The summed E-state index contributed by atoms with van der Waals surface area (Å²) in [7, 11) is 0. The standard InChI is InChI=1S/C19H24ClN3O2S/c1-2-22(13-17-7-8-18(20)26-17)14-19(24)21-15-3-5-16(6-4-15)23-9-11-25-12-10-23/h3-8H,2,9-14H2,1H3,(H,21,24). The molecule has 3 rings (SSSR count). The molecule has 2 aromatic rings. The highest BCUT2D eigenvalue weighted by atomic mass is 35.5. The first kappa shape index (κ1) is 19.2. The zero-order chi connectivity index (χ0) is 18.4. The molecule has 0 spiro atoms. The Kier molecular flexibility index (Phi) is 6.91. The van der Waals surface area contributed by atoms with Gasteiger partial charge in [-0.05, 0) is 42.9 Å². The molecular formula is C19H24ClN3O2S. The molecule has 7 heteroatoms. The van der Waals surface area contributed by atoms with Crippen LogP contribution in [-0.2, 0) is 16.1 Å². The van der Waals surface area contributed by atoms with E-state index in [1.807, 2.05) is 36.4 Å². The van der Waals surface area contributed by atoms with Crippen molar-refractivity contribution in [1.29, 1.82) is 0 Å². The molecule has 1 aliphatic heterocycles. The van der Waals surface area contributed by atoms with Crippen LogP contribution in [0, 0.1) is 0 Å². The second-order valence-electron chi connectivity index (χ2n) is 6.20. The second-order valence-corrected chi connectivity index (χ2v) is 8.00. The SMILES string of the molecule is CCN(CC(=O)Nc1ccc(N2CCOCC2)cc1)Cc1ccc(Cl)s1. The molecule has 1 aliphatic rings. The van der Waals surface area contributed by atoms with E-state index in [1.165, 1.54) is 4.88 Å². The molecule has 1 aromatic carbocycles. The summed E-state index contributed by atoms with van der Waals surface area (Å²) in [5, 5.41) is 2.98. The zero-order valence-corrected chi connectivity index (χ0v) is 16.5. The van der Waals surface area contributed by atoms with Crippen molar-refractivity contribution in [3.63, 3.8) is 0 Å². The van der Waals surface area contributed by atoms with E-state index in [0.717, 1.165) is 55.1 Å². The van der Waals surface area contributed by atoms with Crippen LogP contribution in [0.15, 0.2) is 36.4 Å². The van der Waals surface area contributed by atoms with Gasteiger partial charge in [0.1, 0.15) is 0 Å². The van der Waals surface area contributed by atoms with Crippen molar-refractivity contribution in [3.05, 3.63) is 45.6 Å². The molecule has 0 unspecified atom stereocenters. The van der Waals surface area contributed by atoms with Gasteiger partial charge in [0.15, 0.2) is 0 Å². The topological polar surface area (TPSA) is 44.8 Å². The molecule has 1 fully saturated rings. The predicted octanol–water partition coefficient (Wildman–Crippen LogP) is 3.70. The van der Waals surface area contributed by atoms with Gasteiger partial charge in [-0.15, -0.1) is 11.3 Å². The number of benzene rings is 1. The summed E-state index contributed by atoms with van der Waals surface area (Å²) in [6, 6.07) is 11.9. The van der Waals surface area contributed by atoms with Gasteiger partial charge in [-0.1, -0.05) is 18.5 Å². The van der Waals surface area contributed by atoms with Crippen LogP contribution in [0.4, 0.5) is 11.4 Å². The lowest BCUT2D eigenvalue weighted by atomic mass is 10.2. The van der Waals surface area contributed by atoms with E-state index in [2.05, 4.69) is 22.0 Å². The Morgan fingerprint density at radius 2 is 1.96 bits per heavy atom. The average molecular weight is 394 g/mol. The van der Waals surface area contributed by atoms with E-state index in [-0.39, 0.29) is 5.91 Å². The van der Waals surface area contributed by atoms with Gasteiger partial charge in [0, 0.05) is 35.9 Å². The number of amides is 1. The minimum atomic E-state index is -0.00590. The van der Waals surface area contributed by atoms with Crippen LogP contribution in [0.3, 0.4) is 0 Å². The van der Waals surface area contributed by atoms with E-state index < -0.39 is 0 Å². The number of anilines is 2. The number of carbonyl (C=O) groups excluding carboxylic acids is 1. The number of likely N-dealkylation sites (N-methyl/N-ethyl adjacent to an activating group) is 1. The third kappa shape index (κ3) is 5.45. The third-order valence-corrected chi connectivity index (χ3v) is 5.57. The van der Waals surface area contributed by atoms with Crippen molar-refractivity contribution >= 4 is 40.2 Å². The van der Waals surface area contributed by atoms with Gasteiger partial charge >= 0.3 is 0 Å². The van der Waals surface area contributed by atoms with Crippen LogP contribution < -0.4 is 10.2 Å². The second kappa shape index (κ2) is 9.37. The van der Waals surface area contributed by atoms with Gasteiger partial charge < -0.3 is 15.0 Å². The number of thiophene rings is 1. The quantitative estimate of drug-likeness (QED) is 0.779. The van der Waals surface area contributed by atoms with E-state index in [0.29, 0.717) is 6.54 Å². The fourth-order valence-electron chi connectivity index (χ4n) is 2.92. The van der Waals surface area contributed by atoms with Crippen molar-refractivity contribution in [2.24, 2.45) is 0 Å². The van der Waals surface area contributed by atoms with Crippen molar-refractivity contribution in [1.82, 2.24) is 4.90 Å². The van der Waals surface area contributed by atoms with Crippen molar-refractivity contribution in [2.45, 2.75) is 13.5 Å². The van der Waals surface area contributed by atoms with Crippen LogP contribution in [0.25, 0.3) is 0 Å². The van der Waals surface area contributed by atoms with Crippen LogP contribution in [0.5, 0.6) is 0 Å². The zero-order valence-electron chi connectivity index (χ0n) is 14.9. The van der Waals surface area contributed by atoms with Crippen LogP contribution in [0.2, 0.25) is 4.34 Å². The summed E-state index contributed by atoms with van der Waals surface area (Å²) in [6.07, 6.45) is 0. The number of halogens is 1. The van der Waals surface area contributed by atoms with E-state index in [9.17, 15) is 4.79 Å². The Bertz CT molecular complexity index is 714. The van der Waals surface area contributed by atoms with Gasteiger partial charge in [0.25, 0.3) is 0 Å². The molecule has 1 aromatic heterocycles. The van der Waals surface area contributed by atoms with Gasteiger partial charge in [0.2, 0.25) is 5.91 Å². The van der Waals surface area contributed by atoms with E-state index >= 15 is 0 Å². The number of morpholine rings is 1. The number of ether oxygens (including phenoxy) is 1. The molecule has 26 heavy (non-hydrogen) atoms. The monoisotopic (exact) mass is 393 g/mol. The number of hydrogen-bond donors (Lipinski definition) is 1. The third-order valence-electron chi connectivity index (χ3n) is 4.35. The largest absolute Gasteiger partial charge is 0.378 e. The Morgan fingerprint density at radius 1 is 1.23 bits per heavy atom. The minimum absolute atomic E-state index is 0.00590. The van der Waals surface area contributed by atoms with Crippen molar-refractivity contribution in [2.75, 3.05) is 49.6 Å². The predicted molar refractivity (Wildman–Crippen MR) is 108 cm³/mol. The normalized spacial score (nSPS) is 14.7. The fourth-order valence-corrected chi connectivity index (χ4v) is 4.05. The van der Waals surface area contributed by atoms with E-state index in [1.54, 1.807) is 11.3 Å². The summed E-state index contributed by atoms with van der Waals surface area (Å²) in [6.45, 7) is 7.29. The highest BCUT2D eigenvalue weighted by molar-refractivity contribution is 7.16. The first-order valence-electron chi connectivity index (χ1n) is 8.83. The highest BCUT2D eigenvalue weighted by Crippen LogP contribution is 2.23. The molecule has 0 bridgehead atoms. The molecule has 0 atom stereocenters. The Morgan fingerprint density at radius 3 is 2.58 bits per heavy atom. The van der Waals surface area contributed by atoms with Crippen LogP contribution in [0.1, 0.15) is 11.8 Å². The molecule has 0 radical (unpaired) electrons. The van der Waals surface area contributed by atoms with Gasteiger partial charge in [-0.2, -0.15) is 0 Å². The maximum Gasteiger partial charge on any atom is 0.238 e. The first-order chi connectivity index (χ1) is 12.6. The average Bonchev–Trinajstić information content (AvgIpc) is 3.07. The number of rotatable bonds is 7. The number of nitrogens with zero attached hydrogens (tertiary/aromatic N) is 2. The summed E-state index contributed by atoms with van der Waals surface area (Å²) in [5.74, 6) is -0.00590. The lowest BCUT2D eigenvalue weighted by Crippen LogP contribution is -2.36. The molecule has 1 N–H and O–H groups in total. The molecule has 0 saturated carbocycles. The number of nitrogens with one attached hydrogen (secondary N) is 1. The van der Waals surface area contributed by atoms with Crippen LogP contribution in [-0.4, -0.2) is 50.2 Å². The Labute approximate surface area is 163 Å². The Hall–Kier alpha value is -1.60. The molecule has 1 amide bonds. The van der Waals surface area contributed by atoms with E-state index in [4.69, 9.17) is 16.3 Å². The summed E-state index contributed by atoms with van der Waals surface area (Å²) in [5.41, 5.74) is 1.98. The van der Waals surface area contributed by atoms with Gasteiger partial charge in [-0.25, -0.2) is 0 Å². The molecule has 140 valence electrons. The molecular weight excluding hydrogens is 370 g/mol. The number of hydrogen-bond acceptors (Lipinski definition) is 5. The molecule has 1 saturated heterocycles. The Balaban J connectivity index is 1.51. The maximum absolute atomic E-state index is 12.4. The van der Waals surface area contributed by atoms with Gasteiger partial charge in [-0.3, -0.25) is 9.69 Å². The first-order valence-corrected chi connectivity index (χ1v) is 10.0. The lowest BCUT2D eigenvalue weighted by molar-refractivity contribution is -0.117. The fraction of sp³-hybridized carbons (Fsp3) is 0.421. The van der Waals surface area contributed by atoms with Crippen molar-refractivity contribution in [3.8, 4) is 0 Å². The molecule has 0 aliphatic carbocycles. The van der Waals surface area contributed by atoms with Crippen LogP contribution >= 0.6 is 22.9 Å². The smallest absolute Gasteiger partial charge is 0.238 e. The molecule has 2 heterocycles. The summed E-state index contributed by atoms with van der Waals surface area (Å²) < 4.78 is 6.16. The minimum Gasteiger partial charge on any atom is -0.378 e. The lowest BCUT2D eigenvalue weighted by Gasteiger charge is -2.29. The van der Waals surface area contributed by atoms with Gasteiger partial charge in [0.05, 0.1) is 24.1 Å². The number of carbonyl (C=O) groups is 1. The summed E-state index contributed by atoms with van der Waals surface area (Å²) in [4.78, 5) is 17.9. The maximum atomic E-state index is 12.4. The summed E-state index contributed by atoms with van der Waals surface area (Å²) >= 11 is 7.54. The molecule has 5 nitrogen and oxygen atoms in total. The highest BCUT2D eigenvalue weighted by Gasteiger charge is 2.13.